The number of ether oxygens (including phenoxy) is 2. The molecule has 0 spiro atoms. The van der Waals surface area contributed by atoms with Gasteiger partial charge in [0.1, 0.15) is 24.3 Å². The van der Waals surface area contributed by atoms with Crippen molar-refractivity contribution in [1.29, 1.82) is 0 Å². The molecule has 0 amide bonds. The van der Waals surface area contributed by atoms with Gasteiger partial charge in [0.25, 0.3) is 0 Å². The van der Waals surface area contributed by atoms with Gasteiger partial charge in [0.05, 0.1) is 24.5 Å². The fraction of sp³-hybridized carbons (Fsp3) is 0.130. The molecule has 5 rings (SSSR count). The van der Waals surface area contributed by atoms with E-state index in [4.69, 9.17) is 13.9 Å². The van der Waals surface area contributed by atoms with Gasteiger partial charge in [0.15, 0.2) is 0 Å². The molecule has 0 aliphatic rings. The van der Waals surface area contributed by atoms with E-state index in [-0.39, 0.29) is 0 Å². The van der Waals surface area contributed by atoms with E-state index in [1.807, 2.05) is 30.3 Å². The van der Waals surface area contributed by atoms with Crippen molar-refractivity contribution in [3.63, 3.8) is 0 Å². The lowest BCUT2D eigenvalue weighted by Crippen LogP contribution is -1.97. The van der Waals surface area contributed by atoms with E-state index in [9.17, 15) is 0 Å². The minimum Gasteiger partial charge on any atom is -0.489 e. The number of fused-ring (bicyclic) bond motifs is 3. The Kier molecular flexibility index (Phi) is 4.46. The van der Waals surface area contributed by atoms with E-state index in [2.05, 4.69) is 33.2 Å². The molecule has 6 heteroatoms. The summed E-state index contributed by atoms with van der Waals surface area (Å²) in [6.07, 6.45) is 4.96. The first-order chi connectivity index (χ1) is 14.3. The van der Waals surface area contributed by atoms with E-state index in [1.54, 1.807) is 25.8 Å². The maximum atomic E-state index is 6.03. The average Bonchev–Trinajstić information content (AvgIpc) is 3.41. The molecule has 3 aromatic heterocycles. The van der Waals surface area contributed by atoms with Crippen LogP contribution in [-0.2, 0) is 18.0 Å². The lowest BCUT2D eigenvalue weighted by Gasteiger charge is -2.09. The first kappa shape index (κ1) is 17.5. The van der Waals surface area contributed by atoms with Crippen LogP contribution in [0.3, 0.4) is 0 Å². The van der Waals surface area contributed by atoms with E-state index >= 15 is 0 Å². The molecular weight excluding hydrogens is 366 g/mol. The normalized spacial score (nSPS) is 11.3. The Bertz CT molecular complexity index is 1260. The second-order valence-corrected chi connectivity index (χ2v) is 6.75. The third-order valence-electron chi connectivity index (χ3n) is 4.88. The molecule has 0 aliphatic heterocycles. The highest BCUT2D eigenvalue weighted by atomic mass is 16.5. The SMILES string of the molecule is COCc1c(-c2ncco2)ncc2[nH]c3ccc(OCc4ccccc4)cc3c12. The van der Waals surface area contributed by atoms with Crippen LogP contribution in [-0.4, -0.2) is 22.1 Å². The molecule has 5 aromatic rings. The van der Waals surface area contributed by atoms with Crippen molar-refractivity contribution in [2.24, 2.45) is 0 Å². The number of hydrogen-bond donors (Lipinski definition) is 1. The van der Waals surface area contributed by atoms with Gasteiger partial charge in [-0.25, -0.2) is 9.97 Å². The van der Waals surface area contributed by atoms with Crippen LogP contribution in [0, 0.1) is 0 Å². The molecule has 0 saturated heterocycles. The third kappa shape index (κ3) is 3.23. The number of pyridine rings is 1. The number of rotatable bonds is 6. The smallest absolute Gasteiger partial charge is 0.245 e. The molecule has 6 nitrogen and oxygen atoms in total. The highest BCUT2D eigenvalue weighted by molar-refractivity contribution is 6.10. The van der Waals surface area contributed by atoms with Crippen molar-refractivity contribution in [3.05, 3.63) is 78.3 Å². The van der Waals surface area contributed by atoms with Gasteiger partial charge in [0.2, 0.25) is 5.89 Å². The number of methoxy groups -OCH3 is 1. The number of nitrogens with zero attached hydrogens (tertiary/aromatic N) is 2. The number of H-pyrrole nitrogens is 1. The molecule has 0 aliphatic carbocycles. The first-order valence-corrected chi connectivity index (χ1v) is 9.32. The monoisotopic (exact) mass is 385 g/mol. The maximum absolute atomic E-state index is 6.03. The molecule has 0 fully saturated rings. The molecule has 0 saturated carbocycles. The Morgan fingerprint density at radius 3 is 2.69 bits per heavy atom. The predicted octanol–water partition coefficient (Wildman–Crippen LogP) is 5.10. The Balaban J connectivity index is 1.61. The van der Waals surface area contributed by atoms with Gasteiger partial charge in [-0.3, -0.25) is 0 Å². The summed E-state index contributed by atoms with van der Waals surface area (Å²) in [6.45, 7) is 0.910. The Morgan fingerprint density at radius 1 is 1.00 bits per heavy atom. The van der Waals surface area contributed by atoms with E-state index in [1.165, 1.54) is 0 Å². The fourth-order valence-corrected chi connectivity index (χ4v) is 3.58. The summed E-state index contributed by atoms with van der Waals surface area (Å²) < 4.78 is 17.0. The Hall–Kier alpha value is -3.64. The van der Waals surface area contributed by atoms with Crippen LogP contribution in [0.15, 0.2) is 71.6 Å². The number of hydrogen-bond acceptors (Lipinski definition) is 5. The van der Waals surface area contributed by atoms with Gasteiger partial charge in [0, 0.05) is 29.0 Å². The average molecular weight is 385 g/mol. The standard InChI is InChI=1S/C23H19N3O3/c1-27-14-18-21-17-11-16(29-13-15-5-3-2-4-6-15)7-8-19(17)26-20(21)12-25-22(18)23-24-9-10-28-23/h2-12,26H,13-14H2,1H3. The predicted molar refractivity (Wildman–Crippen MR) is 111 cm³/mol. The number of nitrogens with one attached hydrogen (secondary N) is 1. The van der Waals surface area contributed by atoms with Crippen LogP contribution < -0.4 is 4.74 Å². The second-order valence-electron chi connectivity index (χ2n) is 6.75. The first-order valence-electron chi connectivity index (χ1n) is 9.32. The van der Waals surface area contributed by atoms with E-state index in [0.717, 1.165) is 38.7 Å². The number of aromatic nitrogens is 3. The van der Waals surface area contributed by atoms with Crippen molar-refractivity contribution in [1.82, 2.24) is 15.0 Å². The molecule has 1 N–H and O–H groups in total. The van der Waals surface area contributed by atoms with Crippen molar-refractivity contribution in [3.8, 4) is 17.3 Å². The molecule has 2 aromatic carbocycles. The van der Waals surface area contributed by atoms with Crippen LogP contribution in [0.4, 0.5) is 0 Å². The zero-order valence-electron chi connectivity index (χ0n) is 15.9. The summed E-state index contributed by atoms with van der Waals surface area (Å²) >= 11 is 0. The summed E-state index contributed by atoms with van der Waals surface area (Å²) in [7, 11) is 1.67. The van der Waals surface area contributed by atoms with Crippen LogP contribution >= 0.6 is 0 Å². The van der Waals surface area contributed by atoms with Gasteiger partial charge in [-0.1, -0.05) is 30.3 Å². The third-order valence-corrected chi connectivity index (χ3v) is 4.88. The van der Waals surface area contributed by atoms with Gasteiger partial charge >= 0.3 is 0 Å². The second kappa shape index (κ2) is 7.41. The Morgan fingerprint density at radius 2 is 1.90 bits per heavy atom. The Labute approximate surface area is 167 Å². The molecule has 144 valence electrons. The van der Waals surface area contributed by atoms with Gasteiger partial charge in [-0.2, -0.15) is 0 Å². The largest absolute Gasteiger partial charge is 0.489 e. The molecule has 0 bridgehead atoms. The molecular formula is C23H19N3O3. The lowest BCUT2D eigenvalue weighted by molar-refractivity contribution is 0.186. The van der Waals surface area contributed by atoms with Crippen molar-refractivity contribution >= 4 is 21.8 Å². The highest BCUT2D eigenvalue weighted by Gasteiger charge is 2.18. The molecule has 29 heavy (non-hydrogen) atoms. The van der Waals surface area contributed by atoms with Gasteiger partial charge < -0.3 is 18.9 Å². The zero-order chi connectivity index (χ0) is 19.6. The minimum atomic E-state index is 0.393. The topological polar surface area (TPSA) is 73.2 Å². The molecule has 0 radical (unpaired) electrons. The summed E-state index contributed by atoms with van der Waals surface area (Å²) in [5, 5.41) is 2.09. The maximum Gasteiger partial charge on any atom is 0.245 e. The molecule has 3 heterocycles. The van der Waals surface area contributed by atoms with Crippen LogP contribution in [0.25, 0.3) is 33.4 Å². The summed E-state index contributed by atoms with van der Waals surface area (Å²) in [6, 6.07) is 16.2. The van der Waals surface area contributed by atoms with Crippen molar-refractivity contribution in [2.45, 2.75) is 13.2 Å². The van der Waals surface area contributed by atoms with E-state index in [0.29, 0.717) is 24.8 Å². The number of benzene rings is 2. The van der Waals surface area contributed by atoms with Crippen LogP contribution in [0.2, 0.25) is 0 Å². The fourth-order valence-electron chi connectivity index (χ4n) is 3.58. The number of aromatic amines is 1. The molecule has 0 unspecified atom stereocenters. The highest BCUT2D eigenvalue weighted by Crippen LogP contribution is 2.35. The quantitative estimate of drug-likeness (QED) is 0.440. The zero-order valence-corrected chi connectivity index (χ0v) is 15.9. The lowest BCUT2D eigenvalue weighted by atomic mass is 10.1. The van der Waals surface area contributed by atoms with Crippen molar-refractivity contribution in [2.75, 3.05) is 7.11 Å². The number of oxazole rings is 1. The van der Waals surface area contributed by atoms with Crippen LogP contribution in [0.5, 0.6) is 5.75 Å². The summed E-state index contributed by atoms with van der Waals surface area (Å²) in [4.78, 5) is 12.3. The van der Waals surface area contributed by atoms with Gasteiger partial charge in [-0.05, 0) is 23.8 Å². The van der Waals surface area contributed by atoms with Crippen molar-refractivity contribution < 1.29 is 13.9 Å². The van der Waals surface area contributed by atoms with E-state index < -0.39 is 0 Å². The minimum absolute atomic E-state index is 0.393. The summed E-state index contributed by atoms with van der Waals surface area (Å²) in [5.74, 6) is 1.28. The summed E-state index contributed by atoms with van der Waals surface area (Å²) in [5.41, 5.74) is 4.68. The van der Waals surface area contributed by atoms with Gasteiger partial charge in [-0.15, -0.1) is 0 Å². The van der Waals surface area contributed by atoms with Crippen LogP contribution in [0.1, 0.15) is 11.1 Å². The molecule has 0 atom stereocenters.